The number of carbonyl (C=O) groups is 3. The van der Waals surface area contributed by atoms with Crippen molar-refractivity contribution in [2.24, 2.45) is 10.2 Å². The molecule has 2 aromatic carbocycles. The summed E-state index contributed by atoms with van der Waals surface area (Å²) in [5.41, 5.74) is 1.04. The molecule has 230 valence electrons. The van der Waals surface area contributed by atoms with Gasteiger partial charge in [-0.05, 0) is 77.4 Å². The standard InChI is InChI=1S/C32H37N7O5/c1-31(2,3)43-29(41)34-25(18-20-19-33-23-15-11-10-14-22(20)23)28(40)36-26-17-16-24(39-38-21-12-8-7-9-13-21)27(35-26)37-30(42)44-32(4,5)6/h7-17,19,25,33H,18H2,1-6H3,(H,34,41)(H2,35,36,37,40,42)/t25-/m0/s1. The summed E-state index contributed by atoms with van der Waals surface area (Å²) in [4.78, 5) is 46.5. The minimum Gasteiger partial charge on any atom is -0.444 e. The van der Waals surface area contributed by atoms with Crippen LogP contribution < -0.4 is 16.0 Å². The van der Waals surface area contributed by atoms with Gasteiger partial charge in [-0.2, -0.15) is 5.11 Å². The second-order valence-electron chi connectivity index (χ2n) is 12.0. The number of ether oxygens (including phenoxy) is 2. The quantitative estimate of drug-likeness (QED) is 0.154. The zero-order valence-electron chi connectivity index (χ0n) is 25.6. The molecule has 2 heterocycles. The Labute approximate surface area is 255 Å². The molecule has 0 unspecified atom stereocenters. The number of rotatable bonds is 8. The molecule has 0 bridgehead atoms. The molecule has 44 heavy (non-hydrogen) atoms. The van der Waals surface area contributed by atoms with E-state index in [-0.39, 0.29) is 23.7 Å². The maximum atomic E-state index is 13.6. The summed E-state index contributed by atoms with van der Waals surface area (Å²) < 4.78 is 10.8. The predicted molar refractivity (Wildman–Crippen MR) is 169 cm³/mol. The molecule has 0 radical (unpaired) electrons. The van der Waals surface area contributed by atoms with Crippen molar-refractivity contribution < 1.29 is 23.9 Å². The van der Waals surface area contributed by atoms with Crippen molar-refractivity contribution in [2.75, 3.05) is 10.6 Å². The lowest BCUT2D eigenvalue weighted by Gasteiger charge is -2.23. The van der Waals surface area contributed by atoms with Crippen molar-refractivity contribution in [3.05, 3.63) is 78.5 Å². The number of pyridine rings is 1. The summed E-state index contributed by atoms with van der Waals surface area (Å²) in [6.45, 7) is 10.4. The number of amides is 3. The number of anilines is 2. The van der Waals surface area contributed by atoms with E-state index in [0.29, 0.717) is 5.69 Å². The fourth-order valence-corrected chi connectivity index (χ4v) is 4.09. The highest BCUT2D eigenvalue weighted by Crippen LogP contribution is 2.28. The number of nitrogens with one attached hydrogen (secondary N) is 4. The number of aromatic nitrogens is 2. The van der Waals surface area contributed by atoms with Gasteiger partial charge in [-0.25, -0.2) is 14.6 Å². The number of hydrogen-bond donors (Lipinski definition) is 4. The molecule has 2 aromatic heterocycles. The lowest BCUT2D eigenvalue weighted by molar-refractivity contribution is -0.118. The zero-order chi connectivity index (χ0) is 31.9. The highest BCUT2D eigenvalue weighted by molar-refractivity contribution is 5.97. The average Bonchev–Trinajstić information content (AvgIpc) is 3.33. The number of azo groups is 1. The molecule has 0 spiro atoms. The molecule has 4 rings (SSSR count). The van der Waals surface area contributed by atoms with Crippen LogP contribution in [0.25, 0.3) is 10.9 Å². The Kier molecular flexibility index (Phi) is 9.62. The van der Waals surface area contributed by atoms with Crippen LogP contribution >= 0.6 is 0 Å². The normalized spacial score (nSPS) is 12.5. The van der Waals surface area contributed by atoms with Crippen LogP contribution in [0.15, 0.2) is 83.2 Å². The smallest absolute Gasteiger partial charge is 0.413 e. The fourth-order valence-electron chi connectivity index (χ4n) is 4.09. The summed E-state index contributed by atoms with van der Waals surface area (Å²) in [6, 6.07) is 18.8. The van der Waals surface area contributed by atoms with E-state index in [9.17, 15) is 14.4 Å². The van der Waals surface area contributed by atoms with Gasteiger partial charge in [0.25, 0.3) is 0 Å². The van der Waals surface area contributed by atoms with Crippen molar-refractivity contribution in [1.29, 1.82) is 0 Å². The summed E-state index contributed by atoms with van der Waals surface area (Å²) >= 11 is 0. The van der Waals surface area contributed by atoms with Gasteiger partial charge in [0.1, 0.15) is 28.7 Å². The second-order valence-corrected chi connectivity index (χ2v) is 12.0. The molecule has 3 amide bonds. The van der Waals surface area contributed by atoms with Crippen LogP contribution in [0.3, 0.4) is 0 Å². The summed E-state index contributed by atoms with van der Waals surface area (Å²) in [6.07, 6.45) is 0.472. The molecule has 4 aromatic rings. The first kappa shape index (κ1) is 31.7. The molecule has 0 saturated heterocycles. The van der Waals surface area contributed by atoms with Gasteiger partial charge in [0.05, 0.1) is 5.69 Å². The van der Waals surface area contributed by atoms with Gasteiger partial charge >= 0.3 is 12.2 Å². The maximum Gasteiger partial charge on any atom is 0.413 e. The maximum absolute atomic E-state index is 13.6. The molecule has 0 fully saturated rings. The van der Waals surface area contributed by atoms with Gasteiger partial charge in [0, 0.05) is 23.5 Å². The van der Waals surface area contributed by atoms with Crippen LogP contribution in [0.5, 0.6) is 0 Å². The van der Waals surface area contributed by atoms with Crippen LogP contribution in [0.4, 0.5) is 32.6 Å². The van der Waals surface area contributed by atoms with Gasteiger partial charge in [-0.15, -0.1) is 5.11 Å². The first-order chi connectivity index (χ1) is 20.8. The fraction of sp³-hybridized carbons (Fsp3) is 0.312. The highest BCUT2D eigenvalue weighted by Gasteiger charge is 2.27. The molecule has 0 aliphatic heterocycles. The van der Waals surface area contributed by atoms with E-state index in [1.54, 1.807) is 65.9 Å². The minimum absolute atomic E-state index is 0.0185. The zero-order valence-corrected chi connectivity index (χ0v) is 25.6. The molecular formula is C32H37N7O5. The SMILES string of the molecule is CC(C)(C)OC(=O)Nc1nc(NC(=O)[C@H](Cc2c[nH]c3ccccc23)NC(=O)OC(C)(C)C)ccc1N=Nc1ccccc1. The second kappa shape index (κ2) is 13.4. The Morgan fingerprint density at radius 2 is 1.48 bits per heavy atom. The monoisotopic (exact) mass is 599 g/mol. The van der Waals surface area contributed by atoms with Crippen molar-refractivity contribution in [1.82, 2.24) is 15.3 Å². The Bertz CT molecular complexity index is 1650. The topological polar surface area (TPSA) is 159 Å². The van der Waals surface area contributed by atoms with Crippen LogP contribution in [0, 0.1) is 0 Å². The Morgan fingerprint density at radius 3 is 2.18 bits per heavy atom. The first-order valence-electron chi connectivity index (χ1n) is 14.1. The molecule has 0 aliphatic rings. The minimum atomic E-state index is -1.02. The summed E-state index contributed by atoms with van der Waals surface area (Å²) in [7, 11) is 0. The molecule has 1 atom stereocenters. The summed E-state index contributed by atoms with van der Waals surface area (Å²) in [5.74, 6) is -0.421. The van der Waals surface area contributed by atoms with Crippen molar-refractivity contribution in [3.63, 3.8) is 0 Å². The van der Waals surface area contributed by atoms with Crippen molar-refractivity contribution in [2.45, 2.75) is 65.2 Å². The summed E-state index contributed by atoms with van der Waals surface area (Å²) in [5, 5.41) is 17.4. The van der Waals surface area contributed by atoms with Gasteiger partial charge in [0.2, 0.25) is 5.91 Å². The van der Waals surface area contributed by atoms with E-state index >= 15 is 0 Å². The number of alkyl carbamates (subject to hydrolysis) is 1. The molecule has 12 heteroatoms. The van der Waals surface area contributed by atoms with Crippen LogP contribution in [-0.4, -0.2) is 45.3 Å². The highest BCUT2D eigenvalue weighted by atomic mass is 16.6. The van der Waals surface area contributed by atoms with E-state index in [4.69, 9.17) is 9.47 Å². The van der Waals surface area contributed by atoms with Crippen LogP contribution in [-0.2, 0) is 20.7 Å². The molecular weight excluding hydrogens is 562 g/mol. The number of aromatic amines is 1. The molecule has 0 aliphatic carbocycles. The van der Waals surface area contributed by atoms with Crippen molar-refractivity contribution >= 4 is 52.0 Å². The number of H-pyrrole nitrogens is 1. The van der Waals surface area contributed by atoms with E-state index < -0.39 is 35.3 Å². The lowest BCUT2D eigenvalue weighted by Crippen LogP contribution is -2.47. The van der Waals surface area contributed by atoms with Gasteiger partial charge < -0.3 is 25.1 Å². The van der Waals surface area contributed by atoms with E-state index in [1.165, 1.54) is 6.07 Å². The average molecular weight is 600 g/mol. The number of nitrogens with zero attached hydrogens (tertiary/aromatic N) is 3. The number of benzene rings is 2. The lowest BCUT2D eigenvalue weighted by atomic mass is 10.0. The third-order valence-electron chi connectivity index (χ3n) is 5.88. The third-order valence-corrected chi connectivity index (χ3v) is 5.88. The molecule has 0 saturated carbocycles. The van der Waals surface area contributed by atoms with E-state index in [0.717, 1.165) is 16.5 Å². The third kappa shape index (κ3) is 9.38. The first-order valence-corrected chi connectivity index (χ1v) is 14.1. The van der Waals surface area contributed by atoms with Gasteiger partial charge in [-0.1, -0.05) is 36.4 Å². The Morgan fingerprint density at radius 1 is 0.818 bits per heavy atom. The predicted octanol–water partition coefficient (Wildman–Crippen LogP) is 7.40. The number of fused-ring (bicyclic) bond motifs is 1. The van der Waals surface area contributed by atoms with Gasteiger partial charge in [-0.3, -0.25) is 10.1 Å². The molecule has 12 nitrogen and oxygen atoms in total. The van der Waals surface area contributed by atoms with Crippen LogP contribution in [0.2, 0.25) is 0 Å². The van der Waals surface area contributed by atoms with Gasteiger partial charge in [0.15, 0.2) is 5.82 Å². The van der Waals surface area contributed by atoms with E-state index in [1.807, 2.05) is 42.5 Å². The van der Waals surface area contributed by atoms with E-state index in [2.05, 4.69) is 36.1 Å². The van der Waals surface area contributed by atoms with Crippen molar-refractivity contribution in [3.8, 4) is 0 Å². The number of para-hydroxylation sites is 1. The molecule has 4 N–H and O–H groups in total. The number of hydrogen-bond acceptors (Lipinski definition) is 8. The van der Waals surface area contributed by atoms with Crippen LogP contribution in [0.1, 0.15) is 47.1 Å². The Hall–Kier alpha value is -5.26. The Balaban J connectivity index is 1.61. The number of carbonyl (C=O) groups excluding carboxylic acids is 3. The largest absolute Gasteiger partial charge is 0.444 e.